The van der Waals surface area contributed by atoms with Crippen LogP contribution in [-0.4, -0.2) is 9.55 Å². The first-order valence-corrected chi connectivity index (χ1v) is 4.46. The molecule has 1 aromatic rings. The van der Waals surface area contributed by atoms with Gasteiger partial charge in [0.1, 0.15) is 0 Å². The van der Waals surface area contributed by atoms with Crippen LogP contribution in [0.4, 0.5) is 0 Å². The minimum absolute atomic E-state index is 1.18. The van der Waals surface area contributed by atoms with Crippen LogP contribution < -0.4 is 0 Å². The van der Waals surface area contributed by atoms with Crippen LogP contribution >= 0.6 is 0 Å². The predicted molar refractivity (Wildman–Crippen MR) is 46.5 cm³/mol. The number of imidazole rings is 1. The number of fused-ring (bicyclic) bond motifs is 1. The molecular weight excluding hydrogens is 136 g/mol. The molecule has 0 aliphatic carbocycles. The van der Waals surface area contributed by atoms with Crippen LogP contribution in [0.1, 0.15) is 32.4 Å². The van der Waals surface area contributed by atoms with Gasteiger partial charge in [-0.25, -0.2) is 4.98 Å². The third-order valence-electron chi connectivity index (χ3n) is 1.88. The molecule has 0 N–H and O–H groups in total. The molecule has 2 rings (SSSR count). The standard InChI is InChI=1S/C7H10N2.C2H6/c1-2-4-9-6-8-5-7(9)3-1;1-2/h5-6H,1-4H2;1-2H3. The summed E-state index contributed by atoms with van der Waals surface area (Å²) in [4.78, 5) is 4.07. The smallest absolute Gasteiger partial charge is 0.0948 e. The Morgan fingerprint density at radius 1 is 1.36 bits per heavy atom. The summed E-state index contributed by atoms with van der Waals surface area (Å²) in [6.07, 6.45) is 7.78. The van der Waals surface area contributed by atoms with E-state index in [1.165, 1.54) is 31.5 Å². The molecular formula is C9H16N2. The molecule has 1 aliphatic rings. The van der Waals surface area contributed by atoms with Gasteiger partial charge >= 0.3 is 0 Å². The summed E-state index contributed by atoms with van der Waals surface area (Å²) in [5.41, 5.74) is 1.40. The highest BCUT2D eigenvalue weighted by atomic mass is 15.0. The van der Waals surface area contributed by atoms with Gasteiger partial charge < -0.3 is 4.57 Å². The van der Waals surface area contributed by atoms with E-state index in [2.05, 4.69) is 9.55 Å². The maximum Gasteiger partial charge on any atom is 0.0948 e. The first-order valence-electron chi connectivity index (χ1n) is 4.46. The number of hydrogen-bond donors (Lipinski definition) is 0. The van der Waals surface area contributed by atoms with E-state index in [0.717, 1.165) is 0 Å². The van der Waals surface area contributed by atoms with Gasteiger partial charge in [0.15, 0.2) is 0 Å². The topological polar surface area (TPSA) is 17.8 Å². The molecule has 0 bridgehead atoms. The lowest BCUT2D eigenvalue weighted by atomic mass is 10.1. The Kier molecular flexibility index (Phi) is 3.14. The summed E-state index contributed by atoms with van der Waals surface area (Å²) in [5, 5.41) is 0. The van der Waals surface area contributed by atoms with Gasteiger partial charge in [0, 0.05) is 18.4 Å². The van der Waals surface area contributed by atoms with Crippen molar-refractivity contribution in [3.63, 3.8) is 0 Å². The summed E-state index contributed by atoms with van der Waals surface area (Å²) in [6.45, 7) is 5.18. The summed E-state index contributed by atoms with van der Waals surface area (Å²) in [5.74, 6) is 0. The number of aromatic nitrogens is 2. The van der Waals surface area contributed by atoms with E-state index in [4.69, 9.17) is 0 Å². The van der Waals surface area contributed by atoms with Crippen LogP contribution in [-0.2, 0) is 13.0 Å². The molecule has 0 amide bonds. The van der Waals surface area contributed by atoms with Gasteiger partial charge in [-0.3, -0.25) is 0 Å². The summed E-state index contributed by atoms with van der Waals surface area (Å²) >= 11 is 0. The number of aryl methyl sites for hydroxylation is 2. The van der Waals surface area contributed by atoms with Gasteiger partial charge in [-0.15, -0.1) is 0 Å². The zero-order valence-corrected chi connectivity index (χ0v) is 7.38. The van der Waals surface area contributed by atoms with Crippen LogP contribution in [0, 0.1) is 0 Å². The molecule has 0 radical (unpaired) electrons. The Morgan fingerprint density at radius 2 is 2.18 bits per heavy atom. The predicted octanol–water partition coefficient (Wildman–Crippen LogP) is 2.25. The average Bonchev–Trinajstić information content (AvgIpc) is 2.55. The van der Waals surface area contributed by atoms with Crippen molar-refractivity contribution in [2.45, 2.75) is 39.7 Å². The Bertz CT molecular complexity index is 183. The minimum atomic E-state index is 1.18. The zero-order chi connectivity index (χ0) is 8.10. The Balaban J connectivity index is 0.000000281. The average molecular weight is 152 g/mol. The maximum absolute atomic E-state index is 4.07. The molecule has 0 fully saturated rings. The maximum atomic E-state index is 4.07. The molecule has 2 nitrogen and oxygen atoms in total. The fraction of sp³-hybridized carbons (Fsp3) is 0.667. The fourth-order valence-electron chi connectivity index (χ4n) is 1.35. The van der Waals surface area contributed by atoms with Crippen LogP contribution in [0.5, 0.6) is 0 Å². The molecule has 0 saturated carbocycles. The number of rotatable bonds is 0. The van der Waals surface area contributed by atoms with Crippen molar-refractivity contribution in [3.05, 3.63) is 18.2 Å². The van der Waals surface area contributed by atoms with E-state index in [-0.39, 0.29) is 0 Å². The van der Waals surface area contributed by atoms with E-state index in [1.54, 1.807) is 0 Å². The van der Waals surface area contributed by atoms with Crippen molar-refractivity contribution in [2.75, 3.05) is 0 Å². The van der Waals surface area contributed by atoms with E-state index in [1.807, 2.05) is 26.4 Å². The molecule has 0 atom stereocenters. The normalized spacial score (nSPS) is 14.7. The highest BCUT2D eigenvalue weighted by Crippen LogP contribution is 2.12. The van der Waals surface area contributed by atoms with Crippen LogP contribution in [0.2, 0.25) is 0 Å². The van der Waals surface area contributed by atoms with Crippen molar-refractivity contribution < 1.29 is 0 Å². The van der Waals surface area contributed by atoms with Gasteiger partial charge in [0.2, 0.25) is 0 Å². The molecule has 2 heterocycles. The summed E-state index contributed by atoms with van der Waals surface area (Å²) in [6, 6.07) is 0. The summed E-state index contributed by atoms with van der Waals surface area (Å²) in [7, 11) is 0. The quantitative estimate of drug-likeness (QED) is 0.557. The zero-order valence-electron chi connectivity index (χ0n) is 7.38. The van der Waals surface area contributed by atoms with Crippen molar-refractivity contribution in [1.29, 1.82) is 0 Å². The van der Waals surface area contributed by atoms with Gasteiger partial charge in [-0.2, -0.15) is 0 Å². The molecule has 0 spiro atoms. The Labute approximate surface area is 68.3 Å². The van der Waals surface area contributed by atoms with Crippen molar-refractivity contribution >= 4 is 0 Å². The number of hydrogen-bond acceptors (Lipinski definition) is 1. The van der Waals surface area contributed by atoms with E-state index in [9.17, 15) is 0 Å². The second-order valence-electron chi connectivity index (χ2n) is 2.54. The Morgan fingerprint density at radius 3 is 2.91 bits per heavy atom. The van der Waals surface area contributed by atoms with Crippen LogP contribution in [0.25, 0.3) is 0 Å². The molecule has 62 valence electrons. The fourth-order valence-corrected chi connectivity index (χ4v) is 1.35. The van der Waals surface area contributed by atoms with Crippen molar-refractivity contribution in [3.8, 4) is 0 Å². The Hall–Kier alpha value is -0.790. The first-order chi connectivity index (χ1) is 5.47. The summed E-state index contributed by atoms with van der Waals surface area (Å²) < 4.78 is 2.24. The van der Waals surface area contributed by atoms with Gasteiger partial charge in [0.25, 0.3) is 0 Å². The molecule has 1 aliphatic heterocycles. The van der Waals surface area contributed by atoms with Crippen molar-refractivity contribution in [2.24, 2.45) is 0 Å². The van der Waals surface area contributed by atoms with Gasteiger partial charge in [-0.1, -0.05) is 13.8 Å². The molecule has 1 aromatic heterocycles. The molecule has 0 unspecified atom stereocenters. The van der Waals surface area contributed by atoms with Gasteiger partial charge in [-0.05, 0) is 19.3 Å². The molecule has 0 saturated heterocycles. The van der Waals surface area contributed by atoms with Gasteiger partial charge in [0.05, 0.1) is 6.33 Å². The largest absolute Gasteiger partial charge is 0.335 e. The highest BCUT2D eigenvalue weighted by Gasteiger charge is 2.05. The first kappa shape index (κ1) is 8.31. The SMILES string of the molecule is CC.c1ncn2c1CCCC2. The molecule has 2 heteroatoms. The minimum Gasteiger partial charge on any atom is -0.335 e. The van der Waals surface area contributed by atoms with E-state index >= 15 is 0 Å². The second-order valence-corrected chi connectivity index (χ2v) is 2.54. The lowest BCUT2D eigenvalue weighted by Crippen LogP contribution is -2.07. The molecule has 11 heavy (non-hydrogen) atoms. The van der Waals surface area contributed by atoms with Crippen molar-refractivity contribution in [1.82, 2.24) is 9.55 Å². The van der Waals surface area contributed by atoms with Crippen LogP contribution in [0.3, 0.4) is 0 Å². The number of nitrogens with zero attached hydrogens (tertiary/aromatic N) is 2. The molecule has 0 aromatic carbocycles. The second kappa shape index (κ2) is 4.16. The van der Waals surface area contributed by atoms with E-state index < -0.39 is 0 Å². The lowest BCUT2D eigenvalue weighted by Gasteiger charge is -2.12. The monoisotopic (exact) mass is 152 g/mol. The third kappa shape index (κ3) is 1.82. The third-order valence-corrected chi connectivity index (χ3v) is 1.88. The lowest BCUT2D eigenvalue weighted by molar-refractivity contribution is 0.532. The van der Waals surface area contributed by atoms with E-state index in [0.29, 0.717) is 0 Å². The highest BCUT2D eigenvalue weighted by molar-refractivity contribution is 5.00. The van der Waals surface area contributed by atoms with Crippen LogP contribution in [0.15, 0.2) is 12.5 Å².